The summed E-state index contributed by atoms with van der Waals surface area (Å²) in [6.45, 7) is 19.6. The lowest BCUT2D eigenvalue weighted by molar-refractivity contribution is -0.160. The van der Waals surface area contributed by atoms with Crippen molar-refractivity contribution in [3.8, 4) is 23.0 Å². The topological polar surface area (TPSA) is 229 Å². The Labute approximate surface area is 357 Å². The number of nitrogens with one attached hydrogen (secondary N) is 1. The lowest BCUT2D eigenvalue weighted by Gasteiger charge is -2.38. The van der Waals surface area contributed by atoms with Gasteiger partial charge in [0.15, 0.2) is 5.75 Å². The first kappa shape index (κ1) is 48.2. The summed E-state index contributed by atoms with van der Waals surface area (Å²) in [7, 11) is 1.43. The number of benzene rings is 2. The molecule has 0 fully saturated rings. The number of carbonyl (C=O) groups excluding carboxylic acids is 3. The van der Waals surface area contributed by atoms with Gasteiger partial charge in [0.2, 0.25) is 0 Å². The minimum atomic E-state index is -2.07. The molecule has 0 radical (unpaired) electrons. The molecule has 16 heteroatoms. The van der Waals surface area contributed by atoms with Gasteiger partial charge in [-0.25, -0.2) is 0 Å². The average Bonchev–Trinajstić information content (AvgIpc) is 3.49. The Kier molecular flexibility index (Phi) is 15.8. The summed E-state index contributed by atoms with van der Waals surface area (Å²) in [5.74, 6) is -7.98. The van der Waals surface area contributed by atoms with E-state index in [9.17, 15) is 39.9 Å². The summed E-state index contributed by atoms with van der Waals surface area (Å²) in [4.78, 5) is 42.6. The summed E-state index contributed by atoms with van der Waals surface area (Å²) in [6, 6.07) is 0. The van der Waals surface area contributed by atoms with Crippen LogP contribution >= 0.6 is 0 Å². The monoisotopic (exact) mass is 850 g/mol. The van der Waals surface area contributed by atoms with E-state index in [0.29, 0.717) is 25.3 Å². The Hall–Kier alpha value is -5.45. The van der Waals surface area contributed by atoms with Crippen LogP contribution in [0.25, 0.3) is 10.8 Å². The van der Waals surface area contributed by atoms with Crippen molar-refractivity contribution in [1.29, 1.82) is 0 Å². The van der Waals surface area contributed by atoms with Crippen LogP contribution in [-0.2, 0) is 23.8 Å². The molecule has 0 aromatic heterocycles. The number of ketones is 1. The van der Waals surface area contributed by atoms with E-state index < -0.39 is 88.8 Å². The number of nitrogens with zero attached hydrogens (tertiary/aromatic N) is 3. The van der Waals surface area contributed by atoms with E-state index in [1.165, 1.54) is 53.2 Å². The summed E-state index contributed by atoms with van der Waals surface area (Å²) in [5.41, 5.74) is -0.572. The molecule has 334 valence electrons. The number of ether oxygens (including phenoxy) is 4. The highest BCUT2D eigenvalue weighted by Gasteiger charge is 2.50. The van der Waals surface area contributed by atoms with Crippen LogP contribution in [0.5, 0.6) is 23.0 Å². The van der Waals surface area contributed by atoms with Gasteiger partial charge in [0.1, 0.15) is 29.2 Å². The second-order valence-corrected chi connectivity index (χ2v) is 15.9. The molecule has 2 aromatic carbocycles. The standard InChI is InChI=1S/C45H62N4O12/c1-13-31(49(14-2)15-3)48-46-21-29-35-40(55)33-32(39(29)54)34-42(27(9)38(33)53)61-45(11,43(34)56)59-20-19-30(58-12)24(6)41(60-28(10)50)26(8)37(52)25(7)36(51)22(4)17-16-18-23(5)44(57)47-35/h16-22,24-26,30,36-37,41,51-55H,13-15H2,1-12H3,(H,47,57)/b17-16+,20-19+,23-18-,46-21+,48-31+/t22-,24+,25+,26+,30-,36-,37+,41+,45-/m0/s1. The number of allylic oxidation sites excluding steroid dienone is 2. The fraction of sp³-hybridized carbons (Fsp3) is 0.533. The molecule has 0 saturated carbocycles. The number of Topliss-reactive ketones (excluding diaryl/α,β-unsaturated/α-hetero) is 1. The molecule has 0 unspecified atom stereocenters. The molecule has 3 heterocycles. The van der Waals surface area contributed by atoms with Gasteiger partial charge in [0, 0.05) is 80.7 Å². The molecule has 3 aliphatic rings. The first-order valence-electron chi connectivity index (χ1n) is 20.6. The molecular formula is C45H62N4O12. The Morgan fingerprint density at radius 2 is 1.61 bits per heavy atom. The van der Waals surface area contributed by atoms with Gasteiger partial charge < -0.3 is 54.7 Å². The van der Waals surface area contributed by atoms with Crippen molar-refractivity contribution in [3.05, 3.63) is 52.8 Å². The number of carbonyl (C=O) groups is 3. The zero-order valence-electron chi connectivity index (χ0n) is 37.1. The minimum Gasteiger partial charge on any atom is -0.507 e. The number of anilines is 1. The Balaban J connectivity index is 2.01. The zero-order valence-corrected chi connectivity index (χ0v) is 37.1. The van der Waals surface area contributed by atoms with E-state index >= 15 is 0 Å². The number of aliphatic hydroxyl groups excluding tert-OH is 2. The molecule has 2 aromatic rings. The predicted molar refractivity (Wildman–Crippen MR) is 232 cm³/mol. The number of methoxy groups -OCH3 is 1. The molecule has 0 saturated heterocycles. The number of aromatic hydroxyl groups is 3. The zero-order chi connectivity index (χ0) is 45.7. The summed E-state index contributed by atoms with van der Waals surface area (Å²) in [6.07, 6.45) is 5.14. The van der Waals surface area contributed by atoms with Crippen LogP contribution in [-0.4, -0.2) is 111 Å². The molecule has 16 nitrogen and oxygen atoms in total. The van der Waals surface area contributed by atoms with Crippen LogP contribution < -0.4 is 10.1 Å². The first-order chi connectivity index (χ1) is 28.7. The molecule has 9 atom stereocenters. The van der Waals surface area contributed by atoms with E-state index in [1.54, 1.807) is 39.8 Å². The maximum absolute atomic E-state index is 14.5. The van der Waals surface area contributed by atoms with Gasteiger partial charge in [-0.3, -0.25) is 14.4 Å². The third kappa shape index (κ3) is 9.71. The molecule has 6 N–H and O–H groups in total. The number of esters is 1. The van der Waals surface area contributed by atoms with Crippen molar-refractivity contribution in [3.63, 3.8) is 0 Å². The van der Waals surface area contributed by atoms with Gasteiger partial charge in [0.05, 0.1) is 53.0 Å². The van der Waals surface area contributed by atoms with Crippen LogP contribution in [0.4, 0.5) is 5.69 Å². The van der Waals surface area contributed by atoms with E-state index in [2.05, 4.69) is 15.5 Å². The molecule has 0 spiro atoms. The highest BCUT2D eigenvalue weighted by atomic mass is 16.7. The van der Waals surface area contributed by atoms with Crippen molar-refractivity contribution >= 4 is 46.2 Å². The van der Waals surface area contributed by atoms with Crippen molar-refractivity contribution in [2.24, 2.45) is 33.9 Å². The van der Waals surface area contributed by atoms with E-state index in [0.717, 1.165) is 6.21 Å². The molecule has 5 rings (SSSR count). The lowest BCUT2D eigenvalue weighted by Crippen LogP contribution is -2.46. The van der Waals surface area contributed by atoms with Crippen LogP contribution in [0.2, 0.25) is 0 Å². The number of rotatable bonds is 7. The van der Waals surface area contributed by atoms with Crippen LogP contribution in [0.1, 0.15) is 97.1 Å². The largest absolute Gasteiger partial charge is 0.507 e. The maximum atomic E-state index is 14.5. The SMILES string of the molecule is CC/C(=N\N=C\c1c2c(O)c3c(O)c(C)c4c(c3c1O)C(=O)[C@@](C)(O/C=C/[C@H](OC)[C@@H](C)[C@@H](OC(C)=O)[C@H](C)[C@H](O)[C@H](C)[C@@H](O)[C@@H](C)/C=C/C=C(/C)C(=O)N2)O4)N(CC)CC. The molecule has 1 amide bonds. The normalized spacial score (nSPS) is 29.8. The third-order valence-electron chi connectivity index (χ3n) is 11.8. The Morgan fingerprint density at radius 1 is 0.951 bits per heavy atom. The number of amidine groups is 1. The van der Waals surface area contributed by atoms with Gasteiger partial charge in [-0.15, -0.1) is 5.10 Å². The van der Waals surface area contributed by atoms with Crippen molar-refractivity contribution in [2.45, 2.75) is 113 Å². The fourth-order valence-electron chi connectivity index (χ4n) is 7.97. The van der Waals surface area contributed by atoms with Crippen molar-refractivity contribution < 1.29 is 58.9 Å². The number of hydrogen-bond donors (Lipinski definition) is 6. The highest BCUT2D eigenvalue weighted by Crippen LogP contribution is 2.55. The number of fused-ring (bicyclic) bond motifs is 14. The van der Waals surface area contributed by atoms with E-state index in [-0.39, 0.29) is 44.5 Å². The second kappa shape index (κ2) is 19.9. The van der Waals surface area contributed by atoms with Crippen LogP contribution in [0, 0.1) is 30.6 Å². The first-order valence-corrected chi connectivity index (χ1v) is 20.6. The van der Waals surface area contributed by atoms with Gasteiger partial charge in [-0.2, -0.15) is 5.10 Å². The Morgan fingerprint density at radius 3 is 2.20 bits per heavy atom. The number of phenols is 3. The predicted octanol–water partition coefficient (Wildman–Crippen LogP) is 6.24. The molecule has 3 aliphatic heterocycles. The number of amides is 1. The van der Waals surface area contributed by atoms with Gasteiger partial charge >= 0.3 is 11.8 Å². The van der Waals surface area contributed by atoms with Crippen molar-refractivity contribution in [1.82, 2.24) is 4.90 Å². The minimum absolute atomic E-state index is 0.0365. The number of hydrogen-bond acceptors (Lipinski definition) is 14. The molecule has 5 bridgehead atoms. The van der Waals surface area contributed by atoms with E-state index in [4.69, 9.17) is 18.9 Å². The fourth-order valence-corrected chi connectivity index (χ4v) is 7.97. The van der Waals surface area contributed by atoms with Gasteiger partial charge in [-0.05, 0) is 33.8 Å². The van der Waals surface area contributed by atoms with Gasteiger partial charge in [-0.1, -0.05) is 52.8 Å². The summed E-state index contributed by atoms with van der Waals surface area (Å²) in [5, 5.41) is 69.1. The third-order valence-corrected chi connectivity index (χ3v) is 11.8. The van der Waals surface area contributed by atoms with Crippen LogP contribution in [0.15, 0.2) is 46.3 Å². The number of aliphatic hydroxyl groups is 2. The molecular weight excluding hydrogens is 789 g/mol. The molecule has 61 heavy (non-hydrogen) atoms. The maximum Gasteiger partial charge on any atom is 0.312 e. The van der Waals surface area contributed by atoms with E-state index in [1.807, 2.05) is 25.7 Å². The second-order valence-electron chi connectivity index (χ2n) is 15.9. The lowest BCUT2D eigenvalue weighted by atomic mass is 9.78. The smallest absolute Gasteiger partial charge is 0.312 e. The summed E-state index contributed by atoms with van der Waals surface area (Å²) >= 11 is 0. The highest BCUT2D eigenvalue weighted by molar-refractivity contribution is 6.24. The number of phenolic OH excluding ortho intramolecular Hbond substituents is 3. The van der Waals surface area contributed by atoms with Crippen molar-refractivity contribution in [2.75, 3.05) is 25.5 Å². The van der Waals surface area contributed by atoms with Crippen LogP contribution in [0.3, 0.4) is 0 Å². The average molecular weight is 851 g/mol. The Bertz CT molecular complexity index is 2140. The quantitative estimate of drug-likeness (QED) is 0.0453. The van der Waals surface area contributed by atoms with Gasteiger partial charge in [0.25, 0.3) is 11.7 Å². The molecule has 0 aliphatic carbocycles. The summed E-state index contributed by atoms with van der Waals surface area (Å²) < 4.78 is 23.6.